The summed E-state index contributed by atoms with van der Waals surface area (Å²) < 4.78 is 5.04. The Morgan fingerprint density at radius 1 is 1.57 bits per heavy atom. The molecule has 4 heteroatoms. The van der Waals surface area contributed by atoms with Crippen LogP contribution < -0.4 is 9.64 Å². The number of anilines is 1. The van der Waals surface area contributed by atoms with E-state index in [1.165, 1.54) is 0 Å². The number of hydrogen-bond donors (Lipinski definition) is 1. The van der Waals surface area contributed by atoms with E-state index in [1.54, 1.807) is 7.11 Å². The average molecular weight is 194 g/mol. The normalized spacial score (nSPS) is 21.3. The standard InChI is InChI=1S/C10H14N2O2/c1-14-10-4-2-3-9(11-10)12-6-5-8(13)7-12/h2-4,8,13H,5-7H2,1H3. The van der Waals surface area contributed by atoms with Crippen molar-refractivity contribution in [2.24, 2.45) is 0 Å². The molecule has 1 atom stereocenters. The maximum Gasteiger partial charge on any atom is 0.214 e. The van der Waals surface area contributed by atoms with Gasteiger partial charge in [0.05, 0.1) is 13.2 Å². The van der Waals surface area contributed by atoms with Crippen molar-refractivity contribution in [2.45, 2.75) is 12.5 Å². The Hall–Kier alpha value is -1.29. The molecular weight excluding hydrogens is 180 g/mol. The van der Waals surface area contributed by atoms with E-state index in [2.05, 4.69) is 9.88 Å². The fraction of sp³-hybridized carbons (Fsp3) is 0.500. The number of aliphatic hydroxyl groups excluding tert-OH is 1. The van der Waals surface area contributed by atoms with Crippen molar-refractivity contribution in [2.75, 3.05) is 25.1 Å². The van der Waals surface area contributed by atoms with Crippen LogP contribution in [0.25, 0.3) is 0 Å². The number of β-amino-alcohol motifs (C(OH)–C–C–N with tert-alkyl or cyclic N) is 1. The Morgan fingerprint density at radius 3 is 3.07 bits per heavy atom. The number of aliphatic hydroxyl groups is 1. The first kappa shape index (κ1) is 9.27. The molecule has 0 aliphatic carbocycles. The van der Waals surface area contributed by atoms with Gasteiger partial charge in [-0.3, -0.25) is 0 Å². The molecule has 76 valence electrons. The van der Waals surface area contributed by atoms with Gasteiger partial charge in [-0.25, -0.2) is 0 Å². The molecule has 0 amide bonds. The molecule has 0 spiro atoms. The Balaban J connectivity index is 2.15. The summed E-state index contributed by atoms with van der Waals surface area (Å²) in [6.45, 7) is 1.53. The van der Waals surface area contributed by atoms with Gasteiger partial charge in [-0.2, -0.15) is 4.98 Å². The molecule has 14 heavy (non-hydrogen) atoms. The molecule has 0 saturated carbocycles. The van der Waals surface area contributed by atoms with Crippen molar-refractivity contribution in [3.8, 4) is 5.88 Å². The van der Waals surface area contributed by atoms with E-state index in [4.69, 9.17) is 4.74 Å². The molecule has 1 aromatic rings. The number of nitrogens with zero attached hydrogens (tertiary/aromatic N) is 2. The number of pyridine rings is 1. The lowest BCUT2D eigenvalue weighted by molar-refractivity contribution is 0.198. The number of rotatable bonds is 2. The molecule has 1 N–H and O–H groups in total. The van der Waals surface area contributed by atoms with Crippen LogP contribution in [0, 0.1) is 0 Å². The first-order chi connectivity index (χ1) is 6.79. The quantitative estimate of drug-likeness (QED) is 0.751. The third kappa shape index (κ3) is 1.80. The van der Waals surface area contributed by atoms with Gasteiger partial charge in [-0.05, 0) is 12.5 Å². The molecule has 4 nitrogen and oxygen atoms in total. The SMILES string of the molecule is COc1cccc(N2CCC(O)C2)n1. The molecule has 1 aliphatic heterocycles. The van der Waals surface area contributed by atoms with Crippen molar-refractivity contribution in [1.82, 2.24) is 4.98 Å². The van der Waals surface area contributed by atoms with Gasteiger partial charge in [0.1, 0.15) is 5.82 Å². The minimum Gasteiger partial charge on any atom is -0.481 e. The van der Waals surface area contributed by atoms with E-state index in [0.717, 1.165) is 18.8 Å². The second kappa shape index (κ2) is 3.84. The van der Waals surface area contributed by atoms with Crippen LogP contribution >= 0.6 is 0 Å². The molecule has 1 saturated heterocycles. The second-order valence-corrected chi connectivity index (χ2v) is 3.43. The van der Waals surface area contributed by atoms with Crippen LogP contribution in [-0.4, -0.2) is 36.4 Å². The van der Waals surface area contributed by atoms with Crippen LogP contribution in [0.5, 0.6) is 5.88 Å². The van der Waals surface area contributed by atoms with E-state index >= 15 is 0 Å². The summed E-state index contributed by atoms with van der Waals surface area (Å²) >= 11 is 0. The molecule has 0 radical (unpaired) electrons. The van der Waals surface area contributed by atoms with Gasteiger partial charge < -0.3 is 14.7 Å². The van der Waals surface area contributed by atoms with Gasteiger partial charge >= 0.3 is 0 Å². The first-order valence-electron chi connectivity index (χ1n) is 4.73. The van der Waals surface area contributed by atoms with Crippen LogP contribution in [0.15, 0.2) is 18.2 Å². The summed E-state index contributed by atoms with van der Waals surface area (Å²) in [6, 6.07) is 5.66. The Labute approximate surface area is 83.1 Å². The lowest BCUT2D eigenvalue weighted by Gasteiger charge is -2.16. The van der Waals surface area contributed by atoms with E-state index in [1.807, 2.05) is 18.2 Å². The fourth-order valence-corrected chi connectivity index (χ4v) is 1.64. The highest BCUT2D eigenvalue weighted by Crippen LogP contribution is 2.20. The minimum absolute atomic E-state index is 0.219. The summed E-state index contributed by atoms with van der Waals surface area (Å²) in [4.78, 5) is 6.36. The van der Waals surface area contributed by atoms with Crippen LogP contribution in [0.3, 0.4) is 0 Å². The maximum absolute atomic E-state index is 9.39. The van der Waals surface area contributed by atoms with Crippen LogP contribution in [0.4, 0.5) is 5.82 Å². The topological polar surface area (TPSA) is 45.6 Å². The zero-order chi connectivity index (χ0) is 9.97. The Bertz CT molecular complexity index is 317. The van der Waals surface area contributed by atoms with Crippen LogP contribution in [-0.2, 0) is 0 Å². The number of methoxy groups -OCH3 is 1. The number of ether oxygens (including phenoxy) is 1. The van der Waals surface area contributed by atoms with Crippen LogP contribution in [0.1, 0.15) is 6.42 Å². The smallest absolute Gasteiger partial charge is 0.214 e. The molecule has 0 aromatic carbocycles. The van der Waals surface area contributed by atoms with Crippen molar-refractivity contribution < 1.29 is 9.84 Å². The lowest BCUT2D eigenvalue weighted by atomic mass is 10.3. The fourth-order valence-electron chi connectivity index (χ4n) is 1.64. The third-order valence-electron chi connectivity index (χ3n) is 2.41. The molecule has 2 heterocycles. The van der Waals surface area contributed by atoms with Crippen molar-refractivity contribution in [3.05, 3.63) is 18.2 Å². The molecule has 1 unspecified atom stereocenters. The number of aromatic nitrogens is 1. The van der Waals surface area contributed by atoms with Gasteiger partial charge in [-0.1, -0.05) is 6.07 Å². The van der Waals surface area contributed by atoms with E-state index in [9.17, 15) is 5.11 Å². The van der Waals surface area contributed by atoms with Gasteiger partial charge in [-0.15, -0.1) is 0 Å². The highest BCUT2D eigenvalue weighted by Gasteiger charge is 2.21. The van der Waals surface area contributed by atoms with Gasteiger partial charge in [0, 0.05) is 19.2 Å². The minimum atomic E-state index is -0.219. The Kier molecular flexibility index (Phi) is 2.54. The summed E-state index contributed by atoms with van der Waals surface area (Å²) in [5.74, 6) is 1.49. The zero-order valence-corrected chi connectivity index (χ0v) is 8.18. The van der Waals surface area contributed by atoms with Crippen molar-refractivity contribution >= 4 is 5.82 Å². The second-order valence-electron chi connectivity index (χ2n) is 3.43. The van der Waals surface area contributed by atoms with Crippen molar-refractivity contribution in [1.29, 1.82) is 0 Å². The molecule has 2 rings (SSSR count). The summed E-state index contributed by atoms with van der Waals surface area (Å²) in [6.07, 6.45) is 0.599. The monoisotopic (exact) mass is 194 g/mol. The van der Waals surface area contributed by atoms with E-state index < -0.39 is 0 Å². The summed E-state index contributed by atoms with van der Waals surface area (Å²) in [5, 5.41) is 9.39. The number of hydrogen-bond acceptors (Lipinski definition) is 4. The lowest BCUT2D eigenvalue weighted by Crippen LogP contribution is -2.22. The molecule has 1 fully saturated rings. The Morgan fingerprint density at radius 2 is 2.43 bits per heavy atom. The van der Waals surface area contributed by atoms with Crippen LogP contribution in [0.2, 0.25) is 0 Å². The predicted molar refractivity (Wildman–Crippen MR) is 53.6 cm³/mol. The largest absolute Gasteiger partial charge is 0.481 e. The molecular formula is C10H14N2O2. The zero-order valence-electron chi connectivity index (χ0n) is 8.18. The highest BCUT2D eigenvalue weighted by molar-refractivity contribution is 5.41. The maximum atomic E-state index is 9.39. The predicted octanol–water partition coefficient (Wildman–Crippen LogP) is 0.661. The third-order valence-corrected chi connectivity index (χ3v) is 2.41. The highest BCUT2D eigenvalue weighted by atomic mass is 16.5. The van der Waals surface area contributed by atoms with E-state index in [-0.39, 0.29) is 6.10 Å². The summed E-state index contributed by atoms with van der Waals surface area (Å²) in [5.41, 5.74) is 0. The molecule has 1 aromatic heterocycles. The van der Waals surface area contributed by atoms with Gasteiger partial charge in [0.2, 0.25) is 5.88 Å². The molecule has 1 aliphatic rings. The first-order valence-corrected chi connectivity index (χ1v) is 4.73. The molecule has 0 bridgehead atoms. The van der Waals surface area contributed by atoms with E-state index in [0.29, 0.717) is 12.4 Å². The summed E-state index contributed by atoms with van der Waals surface area (Å²) in [7, 11) is 1.60. The van der Waals surface area contributed by atoms with Gasteiger partial charge in [0.25, 0.3) is 0 Å². The van der Waals surface area contributed by atoms with Crippen molar-refractivity contribution in [3.63, 3.8) is 0 Å². The average Bonchev–Trinajstić information content (AvgIpc) is 2.65. The van der Waals surface area contributed by atoms with Gasteiger partial charge in [0.15, 0.2) is 0 Å².